The largest absolute Gasteiger partial charge is 0.456 e. The maximum atomic E-state index is 12.7. The first kappa shape index (κ1) is 21.3. The first-order valence-corrected chi connectivity index (χ1v) is 9.15. The minimum atomic E-state index is -0.662. The Morgan fingerprint density at radius 3 is 2.29 bits per heavy atom. The zero-order valence-electron chi connectivity index (χ0n) is 16.4. The van der Waals surface area contributed by atoms with Crippen LogP contribution in [-0.4, -0.2) is 22.5 Å². The van der Waals surface area contributed by atoms with Crippen molar-refractivity contribution in [2.75, 3.05) is 0 Å². The van der Waals surface area contributed by atoms with Gasteiger partial charge in [-0.25, -0.2) is 4.79 Å². The van der Waals surface area contributed by atoms with Crippen LogP contribution in [0.4, 0.5) is 5.69 Å². The Morgan fingerprint density at radius 2 is 1.75 bits per heavy atom. The highest BCUT2D eigenvalue weighted by atomic mass is 16.6. The van der Waals surface area contributed by atoms with E-state index in [1.807, 2.05) is 30.3 Å². The van der Waals surface area contributed by atoms with Gasteiger partial charge in [0.15, 0.2) is 0 Å². The van der Waals surface area contributed by atoms with Crippen LogP contribution in [0, 0.1) is 10.1 Å². The summed E-state index contributed by atoms with van der Waals surface area (Å²) >= 11 is 0. The van der Waals surface area contributed by atoms with E-state index in [1.165, 1.54) is 29.8 Å². The van der Waals surface area contributed by atoms with Crippen LogP contribution in [0.3, 0.4) is 0 Å². The van der Waals surface area contributed by atoms with Gasteiger partial charge in [-0.1, -0.05) is 36.4 Å². The number of rotatable bonds is 7. The van der Waals surface area contributed by atoms with E-state index in [2.05, 4.69) is 0 Å². The number of nitrogens with zero attached hydrogens (tertiary/aromatic N) is 1. The summed E-state index contributed by atoms with van der Waals surface area (Å²) in [6.45, 7) is 5.36. The van der Waals surface area contributed by atoms with Gasteiger partial charge >= 0.3 is 5.97 Å². The highest BCUT2D eigenvalue weighted by molar-refractivity contribution is 6.16. The Morgan fingerprint density at radius 1 is 1.14 bits per heavy atom. The molecule has 2 N–H and O–H groups in total. The van der Waals surface area contributed by atoms with Crippen molar-refractivity contribution in [3.63, 3.8) is 0 Å². The number of esters is 1. The number of hydrogen-bond acceptors (Lipinski definition) is 5. The Balaban J connectivity index is 2.24. The number of carbonyl (C=O) groups excluding carboxylic acids is 1. The average Bonchev–Trinajstić information content (AvgIpc) is 2.64. The third-order valence-corrected chi connectivity index (χ3v) is 4.00. The molecule has 0 fully saturated rings. The van der Waals surface area contributed by atoms with Crippen molar-refractivity contribution >= 4 is 17.2 Å². The third-order valence-electron chi connectivity index (χ3n) is 4.00. The van der Waals surface area contributed by atoms with Crippen LogP contribution in [0.1, 0.15) is 38.3 Å². The molecule has 0 unspecified atom stereocenters. The molecule has 6 heteroatoms. The zero-order valence-corrected chi connectivity index (χ0v) is 16.4. The Kier molecular flexibility index (Phi) is 7.06. The lowest BCUT2D eigenvalue weighted by atomic mass is 9.99. The molecule has 2 aromatic rings. The molecule has 6 nitrogen and oxygen atoms in total. The summed E-state index contributed by atoms with van der Waals surface area (Å²) in [5.41, 5.74) is 7.56. The fourth-order valence-corrected chi connectivity index (χ4v) is 2.65. The predicted molar refractivity (Wildman–Crippen MR) is 110 cm³/mol. The van der Waals surface area contributed by atoms with E-state index in [-0.39, 0.29) is 11.7 Å². The maximum Gasteiger partial charge on any atom is 0.338 e. The van der Waals surface area contributed by atoms with Crippen molar-refractivity contribution in [2.24, 2.45) is 5.73 Å². The standard InChI is InChI=1S/C22H26N2O4/c1-22(2,3)28-21(25)20(17-10-13-19(14-11-17)24(26)27)15-18(23)12-9-16-7-5-4-6-8-16/h4-8,10-11,13-15,18H,9,12,23H2,1-3H3/t18-/m0/s1. The van der Waals surface area contributed by atoms with Crippen molar-refractivity contribution in [2.45, 2.75) is 45.3 Å². The minimum absolute atomic E-state index is 0.0411. The van der Waals surface area contributed by atoms with E-state index in [0.29, 0.717) is 17.6 Å². The summed E-state index contributed by atoms with van der Waals surface area (Å²) in [6.07, 6.45) is 3.11. The molecule has 0 amide bonds. The van der Waals surface area contributed by atoms with Crippen LogP contribution in [-0.2, 0) is 16.0 Å². The minimum Gasteiger partial charge on any atom is -0.456 e. The number of ether oxygens (including phenoxy) is 1. The first-order chi connectivity index (χ1) is 13.2. The number of benzene rings is 2. The van der Waals surface area contributed by atoms with Crippen LogP contribution in [0.5, 0.6) is 0 Å². The average molecular weight is 382 g/mol. The smallest absolute Gasteiger partial charge is 0.338 e. The summed E-state index contributed by atoms with van der Waals surface area (Å²) in [5.74, 6) is -0.503. The summed E-state index contributed by atoms with van der Waals surface area (Å²) in [7, 11) is 0. The van der Waals surface area contributed by atoms with Gasteiger partial charge in [0.2, 0.25) is 0 Å². The number of hydrogen-bond donors (Lipinski definition) is 1. The van der Waals surface area contributed by atoms with Gasteiger partial charge < -0.3 is 10.5 Å². The molecular formula is C22H26N2O4. The van der Waals surface area contributed by atoms with Gasteiger partial charge in [0.25, 0.3) is 5.69 Å². The summed E-state index contributed by atoms with van der Waals surface area (Å²) in [6, 6.07) is 15.4. The van der Waals surface area contributed by atoms with Gasteiger partial charge in [0, 0.05) is 18.2 Å². The number of aryl methyl sites for hydroxylation is 1. The fourth-order valence-electron chi connectivity index (χ4n) is 2.65. The molecule has 0 aromatic heterocycles. The lowest BCUT2D eigenvalue weighted by Crippen LogP contribution is -2.26. The lowest BCUT2D eigenvalue weighted by molar-refractivity contribution is -0.384. The summed E-state index contributed by atoms with van der Waals surface area (Å²) in [5, 5.41) is 10.9. The molecule has 0 bridgehead atoms. The van der Waals surface area contributed by atoms with E-state index in [4.69, 9.17) is 10.5 Å². The van der Waals surface area contributed by atoms with Crippen molar-refractivity contribution < 1.29 is 14.5 Å². The quantitative estimate of drug-likeness (QED) is 0.334. The van der Waals surface area contributed by atoms with E-state index in [0.717, 1.165) is 6.42 Å². The van der Waals surface area contributed by atoms with E-state index < -0.39 is 16.5 Å². The maximum absolute atomic E-state index is 12.7. The van der Waals surface area contributed by atoms with Gasteiger partial charge in [0.1, 0.15) is 5.60 Å². The van der Waals surface area contributed by atoms with Crippen molar-refractivity contribution in [1.29, 1.82) is 0 Å². The molecule has 2 rings (SSSR count). The topological polar surface area (TPSA) is 95.5 Å². The molecular weight excluding hydrogens is 356 g/mol. The normalized spacial score (nSPS) is 13.1. The molecule has 0 spiro atoms. The lowest BCUT2D eigenvalue weighted by Gasteiger charge is -2.21. The molecule has 0 radical (unpaired) electrons. The number of non-ortho nitro benzene ring substituents is 1. The predicted octanol–water partition coefficient (Wildman–Crippen LogP) is 4.28. The van der Waals surface area contributed by atoms with Crippen LogP contribution < -0.4 is 5.73 Å². The molecule has 0 aliphatic carbocycles. The molecule has 148 valence electrons. The Hall–Kier alpha value is -2.99. The fraction of sp³-hybridized carbons (Fsp3) is 0.318. The molecule has 0 heterocycles. The van der Waals surface area contributed by atoms with Crippen molar-refractivity contribution in [1.82, 2.24) is 0 Å². The van der Waals surface area contributed by atoms with Gasteiger partial charge in [-0.3, -0.25) is 10.1 Å². The van der Waals surface area contributed by atoms with Gasteiger partial charge in [-0.2, -0.15) is 0 Å². The highest BCUT2D eigenvalue weighted by Crippen LogP contribution is 2.23. The Bertz CT molecular complexity index is 837. The monoisotopic (exact) mass is 382 g/mol. The van der Waals surface area contributed by atoms with Crippen LogP contribution in [0.25, 0.3) is 5.57 Å². The number of nitrogens with two attached hydrogens (primary N) is 1. The molecule has 2 aromatic carbocycles. The van der Waals surface area contributed by atoms with E-state index in [9.17, 15) is 14.9 Å². The van der Waals surface area contributed by atoms with Crippen molar-refractivity contribution in [3.05, 3.63) is 81.9 Å². The second-order valence-corrected chi connectivity index (χ2v) is 7.57. The second-order valence-electron chi connectivity index (χ2n) is 7.57. The molecule has 0 aliphatic heterocycles. The Labute approximate surface area is 165 Å². The SMILES string of the molecule is CC(C)(C)OC(=O)C(=C[C@@H](N)CCc1ccccc1)c1ccc([N+](=O)[O-])cc1. The molecule has 1 atom stereocenters. The van der Waals surface area contributed by atoms with Crippen LogP contribution in [0.2, 0.25) is 0 Å². The number of nitro groups is 1. The molecule has 0 saturated carbocycles. The zero-order chi connectivity index (χ0) is 20.7. The number of carbonyl (C=O) groups is 1. The first-order valence-electron chi connectivity index (χ1n) is 9.15. The summed E-state index contributed by atoms with van der Waals surface area (Å²) in [4.78, 5) is 23.1. The van der Waals surface area contributed by atoms with Crippen LogP contribution >= 0.6 is 0 Å². The van der Waals surface area contributed by atoms with Crippen LogP contribution in [0.15, 0.2) is 60.7 Å². The summed E-state index contributed by atoms with van der Waals surface area (Å²) < 4.78 is 5.50. The third kappa shape index (κ3) is 6.63. The second kappa shape index (κ2) is 9.28. The van der Waals surface area contributed by atoms with E-state index >= 15 is 0 Å². The highest BCUT2D eigenvalue weighted by Gasteiger charge is 2.22. The number of nitro benzene ring substituents is 1. The van der Waals surface area contributed by atoms with Gasteiger partial charge in [-0.15, -0.1) is 0 Å². The molecule has 0 saturated heterocycles. The van der Waals surface area contributed by atoms with E-state index in [1.54, 1.807) is 26.8 Å². The van der Waals surface area contributed by atoms with Gasteiger partial charge in [-0.05, 0) is 56.9 Å². The molecule has 28 heavy (non-hydrogen) atoms. The molecule has 0 aliphatic rings. The van der Waals surface area contributed by atoms with Gasteiger partial charge in [0.05, 0.1) is 10.5 Å². The van der Waals surface area contributed by atoms with Crippen molar-refractivity contribution in [3.8, 4) is 0 Å².